The van der Waals surface area contributed by atoms with E-state index < -0.39 is 5.60 Å². The summed E-state index contributed by atoms with van der Waals surface area (Å²) < 4.78 is 7.59. The van der Waals surface area contributed by atoms with E-state index in [4.69, 9.17) is 4.74 Å². The SMILES string of the molecule is CCC(CC)(CNC(=NC)NCCCCn1ccnc1C)NC(=O)OC(C)(C)C. The molecule has 0 aliphatic carbocycles. The Morgan fingerprint density at radius 3 is 2.41 bits per heavy atom. The first kappa shape index (κ1) is 24.8. The van der Waals surface area contributed by atoms with Crippen molar-refractivity contribution in [2.24, 2.45) is 4.99 Å². The lowest BCUT2D eigenvalue weighted by Crippen LogP contribution is -2.57. The minimum Gasteiger partial charge on any atom is -0.444 e. The summed E-state index contributed by atoms with van der Waals surface area (Å²) >= 11 is 0. The van der Waals surface area contributed by atoms with Crippen LogP contribution in [0.25, 0.3) is 0 Å². The molecule has 0 saturated heterocycles. The Bertz CT molecular complexity index is 644. The van der Waals surface area contributed by atoms with Crippen molar-refractivity contribution in [1.29, 1.82) is 0 Å². The highest BCUT2D eigenvalue weighted by atomic mass is 16.6. The summed E-state index contributed by atoms with van der Waals surface area (Å²) in [6, 6.07) is 0. The first-order valence-electron chi connectivity index (χ1n) is 10.6. The van der Waals surface area contributed by atoms with Crippen LogP contribution >= 0.6 is 0 Å². The Morgan fingerprint density at radius 1 is 1.21 bits per heavy atom. The van der Waals surface area contributed by atoms with Gasteiger partial charge in [0, 0.05) is 39.1 Å². The fraction of sp³-hybridized carbons (Fsp3) is 0.762. The molecule has 0 saturated carbocycles. The van der Waals surface area contributed by atoms with Crippen LogP contribution in [0, 0.1) is 6.92 Å². The number of imidazole rings is 1. The number of hydrogen-bond donors (Lipinski definition) is 3. The van der Waals surface area contributed by atoms with E-state index in [0.717, 1.165) is 50.6 Å². The van der Waals surface area contributed by atoms with Crippen LogP contribution in [0.3, 0.4) is 0 Å². The van der Waals surface area contributed by atoms with Gasteiger partial charge >= 0.3 is 6.09 Å². The summed E-state index contributed by atoms with van der Waals surface area (Å²) in [6.45, 7) is 14.1. The Morgan fingerprint density at radius 2 is 1.90 bits per heavy atom. The van der Waals surface area contributed by atoms with Gasteiger partial charge in [0.05, 0.1) is 5.54 Å². The third-order valence-electron chi connectivity index (χ3n) is 4.98. The predicted octanol–water partition coefficient (Wildman–Crippen LogP) is 3.22. The maximum absolute atomic E-state index is 12.3. The Kier molecular flexibility index (Phi) is 9.98. The zero-order valence-electron chi connectivity index (χ0n) is 19.3. The van der Waals surface area contributed by atoms with Crippen molar-refractivity contribution in [3.05, 3.63) is 18.2 Å². The molecule has 3 N–H and O–H groups in total. The molecule has 0 bridgehead atoms. The van der Waals surface area contributed by atoms with Gasteiger partial charge in [-0.3, -0.25) is 4.99 Å². The second kappa shape index (κ2) is 11.7. The zero-order chi connectivity index (χ0) is 21.9. The molecule has 1 heterocycles. The van der Waals surface area contributed by atoms with Crippen LogP contribution in [0.4, 0.5) is 4.79 Å². The summed E-state index contributed by atoms with van der Waals surface area (Å²) in [5, 5.41) is 9.74. The van der Waals surface area contributed by atoms with E-state index in [1.165, 1.54) is 0 Å². The number of aliphatic imine (C=N–C) groups is 1. The van der Waals surface area contributed by atoms with Gasteiger partial charge in [-0.1, -0.05) is 13.8 Å². The second-order valence-corrected chi connectivity index (χ2v) is 8.34. The van der Waals surface area contributed by atoms with Gasteiger partial charge in [-0.2, -0.15) is 0 Å². The number of alkyl carbamates (subject to hydrolysis) is 1. The van der Waals surface area contributed by atoms with Crippen LogP contribution in [-0.4, -0.2) is 52.9 Å². The third kappa shape index (κ3) is 9.19. The Hall–Kier alpha value is -2.25. The molecule has 8 heteroatoms. The summed E-state index contributed by atoms with van der Waals surface area (Å²) in [7, 11) is 1.76. The van der Waals surface area contributed by atoms with Gasteiger partial charge in [0.15, 0.2) is 5.96 Å². The molecule has 0 radical (unpaired) electrons. The highest BCUT2D eigenvalue weighted by molar-refractivity contribution is 5.79. The average Bonchev–Trinajstić information content (AvgIpc) is 3.06. The van der Waals surface area contributed by atoms with Crippen LogP contribution in [0.15, 0.2) is 17.4 Å². The Balaban J connectivity index is 2.44. The molecule has 1 amide bonds. The molecule has 0 aliphatic rings. The molecule has 1 aromatic rings. The smallest absolute Gasteiger partial charge is 0.408 e. The number of unbranched alkanes of at least 4 members (excludes halogenated alkanes) is 1. The maximum atomic E-state index is 12.3. The summed E-state index contributed by atoms with van der Waals surface area (Å²) in [4.78, 5) is 20.8. The van der Waals surface area contributed by atoms with E-state index in [1.807, 2.05) is 40.1 Å². The second-order valence-electron chi connectivity index (χ2n) is 8.34. The fourth-order valence-electron chi connectivity index (χ4n) is 2.97. The van der Waals surface area contributed by atoms with Gasteiger partial charge in [-0.25, -0.2) is 9.78 Å². The lowest BCUT2D eigenvalue weighted by Gasteiger charge is -2.34. The molecule has 0 atom stereocenters. The number of amides is 1. The summed E-state index contributed by atoms with van der Waals surface area (Å²) in [6.07, 6.45) is 7.12. The molecule has 1 aromatic heterocycles. The van der Waals surface area contributed by atoms with Crippen molar-refractivity contribution in [1.82, 2.24) is 25.5 Å². The maximum Gasteiger partial charge on any atom is 0.408 e. The molecule has 166 valence electrons. The van der Waals surface area contributed by atoms with Gasteiger partial charge in [-0.15, -0.1) is 0 Å². The van der Waals surface area contributed by atoms with Crippen molar-refractivity contribution >= 4 is 12.1 Å². The van der Waals surface area contributed by atoms with Crippen molar-refractivity contribution < 1.29 is 9.53 Å². The van der Waals surface area contributed by atoms with Gasteiger partial charge < -0.3 is 25.3 Å². The van der Waals surface area contributed by atoms with Crippen LogP contribution in [0.1, 0.15) is 66.1 Å². The van der Waals surface area contributed by atoms with Crippen LogP contribution in [0.2, 0.25) is 0 Å². The molecule has 1 rings (SSSR count). The first-order valence-corrected chi connectivity index (χ1v) is 10.6. The number of rotatable bonds is 10. The highest BCUT2D eigenvalue weighted by Crippen LogP contribution is 2.16. The van der Waals surface area contributed by atoms with Crippen molar-refractivity contribution in [3.8, 4) is 0 Å². The van der Waals surface area contributed by atoms with E-state index in [-0.39, 0.29) is 11.6 Å². The molecule has 29 heavy (non-hydrogen) atoms. The summed E-state index contributed by atoms with van der Waals surface area (Å²) in [5.74, 6) is 1.78. The molecular weight excluding hydrogens is 368 g/mol. The number of ether oxygens (including phenoxy) is 1. The lowest BCUT2D eigenvalue weighted by atomic mass is 9.93. The van der Waals surface area contributed by atoms with E-state index in [9.17, 15) is 4.79 Å². The predicted molar refractivity (Wildman–Crippen MR) is 118 cm³/mol. The summed E-state index contributed by atoms with van der Waals surface area (Å²) in [5.41, 5.74) is -0.906. The molecule has 0 fully saturated rings. The number of guanidine groups is 1. The van der Waals surface area contributed by atoms with E-state index in [1.54, 1.807) is 7.05 Å². The number of hydrogen-bond acceptors (Lipinski definition) is 4. The molecule has 0 aromatic carbocycles. The molecule has 0 unspecified atom stereocenters. The average molecular weight is 409 g/mol. The highest BCUT2D eigenvalue weighted by Gasteiger charge is 2.30. The molecule has 8 nitrogen and oxygen atoms in total. The fourth-order valence-corrected chi connectivity index (χ4v) is 2.97. The molecule has 0 aliphatic heterocycles. The van der Waals surface area contributed by atoms with E-state index >= 15 is 0 Å². The van der Waals surface area contributed by atoms with Crippen molar-refractivity contribution in [2.45, 2.75) is 84.9 Å². The number of carbonyl (C=O) groups excluding carboxylic acids is 1. The van der Waals surface area contributed by atoms with Crippen LogP contribution in [-0.2, 0) is 11.3 Å². The van der Waals surface area contributed by atoms with Crippen molar-refractivity contribution in [2.75, 3.05) is 20.1 Å². The number of nitrogens with one attached hydrogen (secondary N) is 3. The molecule has 0 spiro atoms. The first-order chi connectivity index (χ1) is 13.6. The van der Waals surface area contributed by atoms with Gasteiger partial charge in [-0.05, 0) is 53.4 Å². The van der Waals surface area contributed by atoms with E-state index in [2.05, 4.69) is 44.3 Å². The lowest BCUT2D eigenvalue weighted by molar-refractivity contribution is 0.0448. The van der Waals surface area contributed by atoms with Crippen LogP contribution < -0.4 is 16.0 Å². The minimum atomic E-state index is -0.516. The number of nitrogens with zero attached hydrogens (tertiary/aromatic N) is 3. The molecular formula is C21H40N6O2. The number of aryl methyl sites for hydroxylation is 2. The zero-order valence-corrected chi connectivity index (χ0v) is 19.3. The number of aromatic nitrogens is 2. The number of carbonyl (C=O) groups is 1. The topological polar surface area (TPSA) is 92.6 Å². The quantitative estimate of drug-likeness (QED) is 0.314. The third-order valence-corrected chi connectivity index (χ3v) is 4.98. The standard InChI is InChI=1S/C21H40N6O2/c1-8-21(9-2,26-19(28)29-20(4,5)6)16-25-18(22-7)24-12-10-11-14-27-15-13-23-17(27)3/h13,15H,8-12,14,16H2,1-7H3,(H,26,28)(H2,22,24,25). The van der Waals surface area contributed by atoms with Gasteiger partial charge in [0.1, 0.15) is 11.4 Å². The Labute approximate surface area is 175 Å². The van der Waals surface area contributed by atoms with Gasteiger partial charge in [0.2, 0.25) is 0 Å². The van der Waals surface area contributed by atoms with E-state index in [0.29, 0.717) is 6.54 Å². The van der Waals surface area contributed by atoms with Crippen LogP contribution in [0.5, 0.6) is 0 Å². The minimum absolute atomic E-state index is 0.388. The van der Waals surface area contributed by atoms with Gasteiger partial charge in [0.25, 0.3) is 0 Å². The largest absolute Gasteiger partial charge is 0.444 e. The monoisotopic (exact) mass is 408 g/mol. The normalized spacial score (nSPS) is 12.6. The van der Waals surface area contributed by atoms with Crippen molar-refractivity contribution in [3.63, 3.8) is 0 Å².